The summed E-state index contributed by atoms with van der Waals surface area (Å²) in [6.07, 6.45) is 4.03. The second-order valence-electron chi connectivity index (χ2n) is 7.45. The van der Waals surface area contributed by atoms with E-state index in [-0.39, 0.29) is 0 Å². The maximum atomic E-state index is 6.07. The number of hydrogen-bond donors (Lipinski definition) is 3. The minimum Gasteiger partial charge on any atom is -0.368 e. The van der Waals surface area contributed by atoms with Gasteiger partial charge in [0.1, 0.15) is 0 Å². The molecule has 0 saturated carbocycles. The van der Waals surface area contributed by atoms with Crippen LogP contribution >= 0.6 is 11.6 Å². The summed E-state index contributed by atoms with van der Waals surface area (Å²) in [4.78, 5) is 10.1. The van der Waals surface area contributed by atoms with E-state index in [4.69, 9.17) is 11.6 Å². The molecule has 3 N–H and O–H groups in total. The number of nitrogens with one attached hydrogen (secondary N) is 3. The third-order valence-corrected chi connectivity index (χ3v) is 5.51. The van der Waals surface area contributed by atoms with Crippen molar-refractivity contribution in [1.82, 2.24) is 25.5 Å². The molecule has 1 fully saturated rings. The molecule has 1 saturated heterocycles. The molecular formula is C23H26ClN5. The number of benzene rings is 1. The van der Waals surface area contributed by atoms with Crippen LogP contribution in [0.4, 0.5) is 0 Å². The van der Waals surface area contributed by atoms with Crippen molar-refractivity contribution in [3.8, 4) is 0 Å². The third-order valence-electron chi connectivity index (χ3n) is 5.27. The van der Waals surface area contributed by atoms with Gasteiger partial charge in [0.15, 0.2) is 0 Å². The maximum Gasteiger partial charge on any atom is 0.0918 e. The second-order valence-corrected chi connectivity index (χ2v) is 7.89. The molecule has 0 aliphatic carbocycles. The number of H-pyrrole nitrogens is 1. The predicted molar refractivity (Wildman–Crippen MR) is 120 cm³/mol. The van der Waals surface area contributed by atoms with Crippen LogP contribution in [-0.2, 0) is 6.54 Å². The molecule has 3 aromatic rings. The molecule has 1 aliphatic heterocycles. The molecule has 6 heteroatoms. The average Bonchev–Trinajstić information content (AvgIpc) is 3.14. The van der Waals surface area contributed by atoms with E-state index in [2.05, 4.69) is 44.7 Å². The number of aromatic amines is 1. The monoisotopic (exact) mass is 407 g/mol. The molecular weight excluding hydrogens is 382 g/mol. The lowest BCUT2D eigenvalue weighted by atomic mass is 10.0. The zero-order chi connectivity index (χ0) is 20.2. The second kappa shape index (κ2) is 8.62. The Kier molecular flexibility index (Phi) is 5.76. The van der Waals surface area contributed by atoms with Gasteiger partial charge in [-0.15, -0.1) is 0 Å². The summed E-state index contributed by atoms with van der Waals surface area (Å²) in [5, 5.41) is 8.76. The highest BCUT2D eigenvalue weighted by Crippen LogP contribution is 2.22. The molecule has 1 unspecified atom stereocenters. The van der Waals surface area contributed by atoms with Crippen molar-refractivity contribution in [2.24, 2.45) is 0 Å². The average molecular weight is 408 g/mol. The van der Waals surface area contributed by atoms with E-state index in [1.54, 1.807) is 0 Å². The van der Waals surface area contributed by atoms with E-state index in [0.717, 1.165) is 64.8 Å². The summed E-state index contributed by atoms with van der Waals surface area (Å²) in [7, 11) is 0. The summed E-state index contributed by atoms with van der Waals surface area (Å²) >= 11 is 6.07. The highest BCUT2D eigenvalue weighted by molar-refractivity contribution is 6.31. The van der Waals surface area contributed by atoms with Crippen LogP contribution in [0.25, 0.3) is 16.6 Å². The number of rotatable bonds is 7. The van der Waals surface area contributed by atoms with Crippen molar-refractivity contribution < 1.29 is 0 Å². The van der Waals surface area contributed by atoms with Crippen LogP contribution < -0.4 is 10.6 Å². The Morgan fingerprint density at radius 1 is 1.24 bits per heavy atom. The normalized spacial score (nSPS) is 16.6. The van der Waals surface area contributed by atoms with Crippen LogP contribution in [-0.4, -0.2) is 34.0 Å². The fourth-order valence-corrected chi connectivity index (χ4v) is 3.97. The lowest BCUT2D eigenvalue weighted by molar-refractivity contribution is 0.271. The van der Waals surface area contributed by atoms with Crippen molar-refractivity contribution >= 4 is 28.2 Å². The van der Waals surface area contributed by atoms with Crippen molar-refractivity contribution in [3.63, 3.8) is 0 Å². The lowest BCUT2D eigenvalue weighted by Gasteiger charge is -2.36. The molecule has 1 aromatic carbocycles. The predicted octanol–water partition coefficient (Wildman–Crippen LogP) is 4.50. The molecule has 150 valence electrons. The van der Waals surface area contributed by atoms with Crippen LogP contribution in [0.1, 0.15) is 24.2 Å². The van der Waals surface area contributed by atoms with Crippen molar-refractivity contribution in [1.29, 1.82) is 0 Å². The topological polar surface area (TPSA) is 56.0 Å². The summed E-state index contributed by atoms with van der Waals surface area (Å²) < 4.78 is 0. The van der Waals surface area contributed by atoms with Gasteiger partial charge in [0, 0.05) is 46.9 Å². The summed E-state index contributed by atoms with van der Waals surface area (Å²) in [6.45, 7) is 11.0. The van der Waals surface area contributed by atoms with E-state index < -0.39 is 0 Å². The van der Waals surface area contributed by atoms with Gasteiger partial charge >= 0.3 is 0 Å². The van der Waals surface area contributed by atoms with Gasteiger partial charge in [-0.25, -0.2) is 0 Å². The third kappa shape index (κ3) is 4.74. The number of pyridine rings is 1. The molecule has 1 atom stereocenters. The Balaban J connectivity index is 1.30. The highest BCUT2D eigenvalue weighted by atomic mass is 35.5. The molecule has 3 heterocycles. The minimum atomic E-state index is 0.325. The number of halogens is 1. The van der Waals surface area contributed by atoms with Crippen LogP contribution in [0.2, 0.25) is 5.02 Å². The molecule has 0 bridgehead atoms. The van der Waals surface area contributed by atoms with Crippen LogP contribution in [0.5, 0.6) is 0 Å². The zero-order valence-electron chi connectivity index (χ0n) is 16.4. The SMILES string of the molecule is C=C(NCc1cc2cc(Cl)ccc2[nH]1)NC1CCCN(C(=C)c2ccccn2)C1. The van der Waals surface area contributed by atoms with Gasteiger partial charge in [-0.3, -0.25) is 4.98 Å². The molecule has 0 spiro atoms. The minimum absolute atomic E-state index is 0.325. The van der Waals surface area contributed by atoms with Crippen LogP contribution in [0.15, 0.2) is 67.6 Å². The van der Waals surface area contributed by atoms with Crippen molar-refractivity contribution in [3.05, 3.63) is 84.1 Å². The van der Waals surface area contributed by atoms with E-state index in [0.29, 0.717) is 12.6 Å². The van der Waals surface area contributed by atoms with E-state index in [1.165, 1.54) is 0 Å². The quantitative estimate of drug-likeness (QED) is 0.539. The Morgan fingerprint density at radius 3 is 2.97 bits per heavy atom. The van der Waals surface area contributed by atoms with E-state index >= 15 is 0 Å². The number of nitrogens with zero attached hydrogens (tertiary/aromatic N) is 2. The van der Waals surface area contributed by atoms with Crippen molar-refractivity contribution in [2.45, 2.75) is 25.4 Å². The lowest BCUT2D eigenvalue weighted by Crippen LogP contribution is -2.46. The molecule has 1 aliphatic rings. The number of hydrogen-bond acceptors (Lipinski definition) is 4. The number of fused-ring (bicyclic) bond motifs is 1. The Bertz CT molecular complexity index is 1010. The Labute approximate surface area is 176 Å². The van der Waals surface area contributed by atoms with Gasteiger partial charge in [0.25, 0.3) is 0 Å². The van der Waals surface area contributed by atoms with Crippen LogP contribution in [0.3, 0.4) is 0 Å². The first-order valence-electron chi connectivity index (χ1n) is 9.90. The molecule has 0 radical (unpaired) electrons. The van der Waals surface area contributed by atoms with Gasteiger partial charge < -0.3 is 20.5 Å². The summed E-state index contributed by atoms with van der Waals surface area (Å²) in [5.74, 6) is 0.831. The number of aromatic nitrogens is 2. The van der Waals surface area contributed by atoms with Gasteiger partial charge in [-0.05, 0) is 49.2 Å². The standard InChI is InChI=1S/C23H26ClN5/c1-16(22-7-3-4-10-25-22)29-11-5-6-20(15-29)27-17(2)26-14-21-13-18-12-19(24)8-9-23(18)28-21/h3-4,7-10,12-13,20,26-28H,1-2,5-6,11,14-15H2. The molecule has 4 rings (SSSR count). The first kappa shape index (κ1) is 19.4. The Hall–Kier alpha value is -2.92. The summed E-state index contributed by atoms with van der Waals surface area (Å²) in [6, 6.07) is 14.2. The highest BCUT2D eigenvalue weighted by Gasteiger charge is 2.22. The van der Waals surface area contributed by atoms with Gasteiger partial charge in [-0.2, -0.15) is 0 Å². The largest absolute Gasteiger partial charge is 0.368 e. The van der Waals surface area contributed by atoms with Gasteiger partial charge in [0.05, 0.1) is 23.8 Å². The fraction of sp³-hybridized carbons (Fsp3) is 0.261. The van der Waals surface area contributed by atoms with Crippen LogP contribution in [0, 0.1) is 0 Å². The van der Waals surface area contributed by atoms with Crippen molar-refractivity contribution in [2.75, 3.05) is 13.1 Å². The molecule has 2 aromatic heterocycles. The Morgan fingerprint density at radius 2 is 2.14 bits per heavy atom. The smallest absolute Gasteiger partial charge is 0.0918 e. The number of likely N-dealkylation sites (tertiary alicyclic amines) is 1. The van der Waals surface area contributed by atoms with Gasteiger partial charge in [0.2, 0.25) is 0 Å². The van der Waals surface area contributed by atoms with Gasteiger partial charge in [-0.1, -0.05) is 30.8 Å². The fourth-order valence-electron chi connectivity index (χ4n) is 3.79. The first-order valence-corrected chi connectivity index (χ1v) is 10.3. The van der Waals surface area contributed by atoms with E-state index in [9.17, 15) is 0 Å². The summed E-state index contributed by atoms with van der Waals surface area (Å²) in [5.41, 5.74) is 4.09. The molecule has 5 nitrogen and oxygen atoms in total. The molecule has 0 amide bonds. The first-order chi connectivity index (χ1) is 14.1. The maximum absolute atomic E-state index is 6.07. The van der Waals surface area contributed by atoms with E-state index in [1.807, 2.05) is 42.6 Å². The zero-order valence-corrected chi connectivity index (χ0v) is 17.2. The molecule has 29 heavy (non-hydrogen) atoms. The number of piperidine rings is 1.